The third kappa shape index (κ3) is 3.35. The van der Waals surface area contributed by atoms with Gasteiger partial charge in [0.25, 0.3) is 5.56 Å². The molecular formula is C19H21N3O3S. The average Bonchev–Trinajstić information content (AvgIpc) is 3.11. The number of thiophene rings is 1. The number of carbonyl (C=O) groups excluding carboxylic acids is 1. The van der Waals surface area contributed by atoms with Crippen LogP contribution in [-0.4, -0.2) is 22.1 Å². The lowest BCUT2D eigenvalue weighted by molar-refractivity contribution is -0.118. The Balaban J connectivity index is 2.05. The number of aromatic nitrogens is 2. The number of amides is 1. The molecule has 0 aliphatic heterocycles. The Bertz CT molecular complexity index is 1050. The zero-order valence-corrected chi connectivity index (χ0v) is 15.8. The number of nitrogens with zero attached hydrogens (tertiary/aromatic N) is 3. The molecule has 7 heteroatoms. The predicted octanol–water partition coefficient (Wildman–Crippen LogP) is 2.54. The molecule has 1 aromatic carbocycles. The molecule has 0 unspecified atom stereocenters. The Morgan fingerprint density at radius 2 is 1.81 bits per heavy atom. The van der Waals surface area contributed by atoms with Crippen molar-refractivity contribution in [2.45, 2.75) is 26.9 Å². The predicted molar refractivity (Wildman–Crippen MR) is 105 cm³/mol. The quantitative estimate of drug-likeness (QED) is 0.692. The lowest BCUT2D eigenvalue weighted by Crippen LogP contribution is -2.43. The average molecular weight is 371 g/mol. The van der Waals surface area contributed by atoms with E-state index in [0.717, 1.165) is 5.69 Å². The van der Waals surface area contributed by atoms with Crippen LogP contribution in [0.25, 0.3) is 10.2 Å². The molecule has 136 valence electrons. The summed E-state index contributed by atoms with van der Waals surface area (Å²) in [4.78, 5) is 39.7. The van der Waals surface area contributed by atoms with E-state index in [2.05, 4.69) is 0 Å². The zero-order chi connectivity index (χ0) is 18.8. The van der Waals surface area contributed by atoms with Crippen molar-refractivity contribution in [3.63, 3.8) is 0 Å². The molecule has 0 bridgehead atoms. The van der Waals surface area contributed by atoms with Crippen LogP contribution in [0.5, 0.6) is 0 Å². The molecule has 0 atom stereocenters. The summed E-state index contributed by atoms with van der Waals surface area (Å²) in [6.07, 6.45) is 0. The first-order valence-electron chi connectivity index (χ1n) is 8.42. The second kappa shape index (κ2) is 7.29. The maximum atomic E-state index is 12.9. The largest absolute Gasteiger partial charge is 0.332 e. The summed E-state index contributed by atoms with van der Waals surface area (Å²) >= 11 is 1.29. The minimum Gasteiger partial charge on any atom is -0.314 e. The molecule has 3 rings (SSSR count). The van der Waals surface area contributed by atoms with Gasteiger partial charge in [-0.05, 0) is 29.5 Å². The summed E-state index contributed by atoms with van der Waals surface area (Å²) in [6.45, 7) is 4.11. The number of fused-ring (bicyclic) bond motifs is 1. The van der Waals surface area contributed by atoms with E-state index in [-0.39, 0.29) is 23.9 Å². The maximum Gasteiger partial charge on any atom is 0.332 e. The fourth-order valence-electron chi connectivity index (χ4n) is 2.85. The minimum atomic E-state index is -0.440. The van der Waals surface area contributed by atoms with Crippen molar-refractivity contribution < 1.29 is 4.79 Å². The topological polar surface area (TPSA) is 64.3 Å². The Kier molecular flexibility index (Phi) is 5.08. The number of hydrogen-bond donors (Lipinski definition) is 0. The third-order valence-corrected chi connectivity index (χ3v) is 5.09. The van der Waals surface area contributed by atoms with E-state index in [0.29, 0.717) is 16.8 Å². The SMILES string of the molecule is CC(C)Cn1c(=O)c2sccc2n(CC(=O)N(C)c2ccccc2)c1=O. The highest BCUT2D eigenvalue weighted by Crippen LogP contribution is 2.17. The molecule has 0 aliphatic carbocycles. The van der Waals surface area contributed by atoms with Gasteiger partial charge in [-0.2, -0.15) is 0 Å². The van der Waals surface area contributed by atoms with E-state index < -0.39 is 5.69 Å². The zero-order valence-electron chi connectivity index (χ0n) is 15.0. The van der Waals surface area contributed by atoms with Gasteiger partial charge in [0.05, 0.1) is 5.52 Å². The lowest BCUT2D eigenvalue weighted by atomic mass is 10.2. The Morgan fingerprint density at radius 3 is 2.46 bits per heavy atom. The van der Waals surface area contributed by atoms with E-state index in [1.807, 2.05) is 44.2 Å². The number of likely N-dealkylation sites (N-methyl/N-ethyl adjacent to an activating group) is 1. The normalized spacial score (nSPS) is 11.2. The van der Waals surface area contributed by atoms with E-state index in [9.17, 15) is 14.4 Å². The van der Waals surface area contributed by atoms with E-state index in [1.165, 1.54) is 25.4 Å². The Hall–Kier alpha value is -2.67. The van der Waals surface area contributed by atoms with Crippen LogP contribution in [0.1, 0.15) is 13.8 Å². The van der Waals surface area contributed by atoms with E-state index in [4.69, 9.17) is 0 Å². The highest BCUT2D eigenvalue weighted by Gasteiger charge is 2.19. The van der Waals surface area contributed by atoms with Gasteiger partial charge in [0.1, 0.15) is 11.2 Å². The molecule has 0 fully saturated rings. The van der Waals surface area contributed by atoms with Crippen LogP contribution in [0, 0.1) is 5.92 Å². The van der Waals surface area contributed by atoms with E-state index >= 15 is 0 Å². The van der Waals surface area contributed by atoms with Gasteiger partial charge in [0.15, 0.2) is 0 Å². The maximum absolute atomic E-state index is 12.9. The summed E-state index contributed by atoms with van der Waals surface area (Å²) in [5.41, 5.74) is 0.542. The summed E-state index contributed by atoms with van der Waals surface area (Å²) in [7, 11) is 1.68. The molecule has 26 heavy (non-hydrogen) atoms. The first-order chi connectivity index (χ1) is 12.4. The smallest absolute Gasteiger partial charge is 0.314 e. The molecule has 0 aliphatic rings. The highest BCUT2D eigenvalue weighted by molar-refractivity contribution is 7.17. The Morgan fingerprint density at radius 1 is 1.12 bits per heavy atom. The lowest BCUT2D eigenvalue weighted by Gasteiger charge is -2.19. The molecule has 0 radical (unpaired) electrons. The van der Waals surface area contributed by atoms with Crippen molar-refractivity contribution in [3.8, 4) is 0 Å². The monoisotopic (exact) mass is 371 g/mol. The molecule has 0 saturated heterocycles. The number of hydrogen-bond acceptors (Lipinski definition) is 4. The van der Waals surface area contributed by atoms with E-state index in [1.54, 1.807) is 18.5 Å². The van der Waals surface area contributed by atoms with Crippen molar-refractivity contribution in [3.05, 3.63) is 62.6 Å². The first kappa shape index (κ1) is 18.1. The highest BCUT2D eigenvalue weighted by atomic mass is 32.1. The van der Waals surface area contributed by atoms with Gasteiger partial charge < -0.3 is 4.90 Å². The summed E-state index contributed by atoms with van der Waals surface area (Å²) < 4.78 is 3.14. The number of anilines is 1. The molecule has 2 heterocycles. The van der Waals surface area contributed by atoms with Crippen molar-refractivity contribution in [1.29, 1.82) is 0 Å². The van der Waals surface area contributed by atoms with Gasteiger partial charge in [0.2, 0.25) is 5.91 Å². The number of para-hydroxylation sites is 1. The third-order valence-electron chi connectivity index (χ3n) is 4.20. The first-order valence-corrected chi connectivity index (χ1v) is 9.30. The number of benzene rings is 1. The van der Waals surface area contributed by atoms with Crippen molar-refractivity contribution in [2.24, 2.45) is 5.92 Å². The minimum absolute atomic E-state index is 0.115. The second-order valence-corrected chi connectivity index (χ2v) is 7.52. The van der Waals surface area contributed by atoms with Crippen LogP contribution in [0.15, 0.2) is 51.4 Å². The van der Waals surface area contributed by atoms with Gasteiger partial charge in [-0.15, -0.1) is 11.3 Å². The molecular weight excluding hydrogens is 350 g/mol. The van der Waals surface area contributed by atoms with Crippen molar-refractivity contribution in [2.75, 3.05) is 11.9 Å². The van der Waals surface area contributed by atoms with Crippen LogP contribution in [0.4, 0.5) is 5.69 Å². The van der Waals surface area contributed by atoms with Crippen LogP contribution < -0.4 is 16.1 Å². The molecule has 6 nitrogen and oxygen atoms in total. The molecule has 2 aromatic heterocycles. The fourth-order valence-corrected chi connectivity index (χ4v) is 3.69. The van der Waals surface area contributed by atoms with Crippen molar-refractivity contribution in [1.82, 2.24) is 9.13 Å². The summed E-state index contributed by atoms with van der Waals surface area (Å²) in [5.74, 6) is -0.0745. The Labute approximate surface area is 154 Å². The standard InChI is InChI=1S/C19H21N3O3S/c1-13(2)11-22-18(24)17-15(9-10-26-17)21(19(22)25)12-16(23)20(3)14-7-5-4-6-8-14/h4-10,13H,11-12H2,1-3H3. The van der Waals surface area contributed by atoms with Gasteiger partial charge >= 0.3 is 5.69 Å². The van der Waals surface area contributed by atoms with Crippen LogP contribution >= 0.6 is 11.3 Å². The van der Waals surface area contributed by atoms with Crippen LogP contribution in [0.3, 0.4) is 0 Å². The van der Waals surface area contributed by atoms with Crippen molar-refractivity contribution >= 4 is 33.1 Å². The molecule has 0 saturated carbocycles. The molecule has 0 N–H and O–H groups in total. The number of rotatable bonds is 5. The fraction of sp³-hybridized carbons (Fsp3) is 0.316. The van der Waals surface area contributed by atoms with Crippen LogP contribution in [-0.2, 0) is 17.9 Å². The molecule has 1 amide bonds. The summed E-state index contributed by atoms with van der Waals surface area (Å²) in [6, 6.07) is 11.0. The molecule has 0 spiro atoms. The van der Waals surface area contributed by atoms with Gasteiger partial charge in [-0.3, -0.25) is 18.7 Å². The molecule has 3 aromatic rings. The van der Waals surface area contributed by atoms with Crippen LogP contribution in [0.2, 0.25) is 0 Å². The second-order valence-electron chi connectivity index (χ2n) is 6.60. The van der Waals surface area contributed by atoms with Gasteiger partial charge in [0, 0.05) is 19.3 Å². The van der Waals surface area contributed by atoms with Gasteiger partial charge in [-0.25, -0.2) is 4.79 Å². The summed E-state index contributed by atoms with van der Waals surface area (Å²) in [5, 5.41) is 1.77. The number of carbonyl (C=O) groups is 1. The van der Waals surface area contributed by atoms with Gasteiger partial charge in [-0.1, -0.05) is 32.0 Å².